The predicted octanol–water partition coefficient (Wildman–Crippen LogP) is 1.66. The number of carboxylic acids is 1. The number of nitrogens with one attached hydrogen (secondary N) is 2. The molecule has 3 N–H and O–H groups in total. The number of amides is 2. The van der Waals surface area contributed by atoms with Crippen LogP contribution in [0.3, 0.4) is 0 Å². The topological polar surface area (TPSA) is 81.7 Å². The minimum atomic E-state index is -0.785. The molecule has 0 saturated heterocycles. The third kappa shape index (κ3) is 5.91. The molecule has 6 heteroatoms. The van der Waals surface area contributed by atoms with Gasteiger partial charge in [0.2, 0.25) is 0 Å². The average Bonchev–Trinajstić information content (AvgIpc) is 2.38. The lowest BCUT2D eigenvalue weighted by Crippen LogP contribution is -2.50. The molecule has 0 aliphatic heterocycles. The van der Waals surface area contributed by atoms with Gasteiger partial charge in [0.25, 0.3) is 0 Å². The van der Waals surface area contributed by atoms with Gasteiger partial charge in [-0.2, -0.15) is 0 Å². The van der Waals surface area contributed by atoms with Crippen molar-refractivity contribution in [1.82, 2.24) is 15.5 Å². The summed E-state index contributed by atoms with van der Waals surface area (Å²) in [5.41, 5.74) is -0.231. The van der Waals surface area contributed by atoms with Crippen molar-refractivity contribution in [1.29, 1.82) is 0 Å². The standard InChI is InChI=1S/C15H29N3O3/c1-4-18(5-2)10-12(3)17-14(21)16-11-15(7-6-8-15)9-13(19)20/h12H,4-11H2,1-3H3,(H,19,20)(H2,16,17,21). The Bertz CT molecular complexity index is 352. The maximum Gasteiger partial charge on any atom is 0.315 e. The molecule has 0 spiro atoms. The van der Waals surface area contributed by atoms with Gasteiger partial charge in [-0.05, 0) is 38.3 Å². The molecule has 1 atom stereocenters. The summed E-state index contributed by atoms with van der Waals surface area (Å²) in [7, 11) is 0. The van der Waals surface area contributed by atoms with Crippen LogP contribution >= 0.6 is 0 Å². The second-order valence-corrected chi connectivity index (χ2v) is 6.14. The van der Waals surface area contributed by atoms with Gasteiger partial charge >= 0.3 is 12.0 Å². The number of carbonyl (C=O) groups excluding carboxylic acids is 1. The highest BCUT2D eigenvalue weighted by molar-refractivity contribution is 5.74. The second kappa shape index (κ2) is 8.22. The van der Waals surface area contributed by atoms with Crippen molar-refractivity contribution >= 4 is 12.0 Å². The number of hydrogen-bond donors (Lipinski definition) is 3. The highest BCUT2D eigenvalue weighted by Crippen LogP contribution is 2.43. The number of carbonyl (C=O) groups is 2. The quantitative estimate of drug-likeness (QED) is 0.605. The Hall–Kier alpha value is -1.30. The Kier molecular flexibility index (Phi) is 6.95. The van der Waals surface area contributed by atoms with Crippen molar-refractivity contribution in [3.63, 3.8) is 0 Å². The van der Waals surface area contributed by atoms with Crippen molar-refractivity contribution in [2.24, 2.45) is 5.41 Å². The molecule has 0 heterocycles. The first-order valence-corrected chi connectivity index (χ1v) is 7.89. The SMILES string of the molecule is CCN(CC)CC(C)NC(=O)NCC1(CC(=O)O)CCC1. The van der Waals surface area contributed by atoms with Crippen LogP contribution in [0.5, 0.6) is 0 Å². The van der Waals surface area contributed by atoms with E-state index in [1.807, 2.05) is 6.92 Å². The number of rotatable bonds is 9. The Morgan fingerprint density at radius 2 is 1.90 bits per heavy atom. The first kappa shape index (κ1) is 17.8. The predicted molar refractivity (Wildman–Crippen MR) is 82.3 cm³/mol. The fourth-order valence-electron chi connectivity index (χ4n) is 2.87. The van der Waals surface area contributed by atoms with Crippen LogP contribution in [0.1, 0.15) is 46.5 Å². The fourth-order valence-corrected chi connectivity index (χ4v) is 2.87. The van der Waals surface area contributed by atoms with Crippen LogP contribution in [-0.4, -0.2) is 54.2 Å². The van der Waals surface area contributed by atoms with Gasteiger partial charge in [0.15, 0.2) is 0 Å². The molecule has 1 rings (SSSR count). The normalized spacial score (nSPS) is 17.9. The number of carboxylic acid groups (broad SMARTS) is 1. The summed E-state index contributed by atoms with van der Waals surface area (Å²) in [5.74, 6) is -0.785. The number of nitrogens with zero attached hydrogens (tertiary/aromatic N) is 1. The number of aliphatic carboxylic acids is 1. The third-order valence-electron chi connectivity index (χ3n) is 4.37. The van der Waals surface area contributed by atoms with Gasteiger partial charge in [0, 0.05) is 19.1 Å². The first-order chi connectivity index (χ1) is 9.90. The molecular formula is C15H29N3O3. The number of hydrogen-bond acceptors (Lipinski definition) is 3. The molecule has 0 bridgehead atoms. The molecule has 6 nitrogen and oxygen atoms in total. The summed E-state index contributed by atoms with van der Waals surface area (Å²) < 4.78 is 0. The zero-order chi connectivity index (χ0) is 15.9. The molecule has 1 saturated carbocycles. The summed E-state index contributed by atoms with van der Waals surface area (Å²) in [4.78, 5) is 25.0. The van der Waals surface area contributed by atoms with Crippen molar-refractivity contribution in [3.8, 4) is 0 Å². The van der Waals surface area contributed by atoms with Crippen molar-refractivity contribution in [2.75, 3.05) is 26.2 Å². The zero-order valence-corrected chi connectivity index (χ0v) is 13.4. The van der Waals surface area contributed by atoms with Crippen molar-refractivity contribution < 1.29 is 14.7 Å². The van der Waals surface area contributed by atoms with E-state index in [1.165, 1.54) is 0 Å². The van der Waals surface area contributed by atoms with E-state index in [0.717, 1.165) is 38.9 Å². The van der Waals surface area contributed by atoms with Crippen LogP contribution in [0.15, 0.2) is 0 Å². The van der Waals surface area contributed by atoms with Gasteiger partial charge in [-0.25, -0.2) is 4.79 Å². The molecule has 1 aliphatic rings. The van der Waals surface area contributed by atoms with Crippen LogP contribution in [0.4, 0.5) is 4.79 Å². The molecule has 0 aromatic heterocycles. The van der Waals surface area contributed by atoms with E-state index in [2.05, 4.69) is 29.4 Å². The summed E-state index contributed by atoms with van der Waals surface area (Å²) in [6.07, 6.45) is 2.96. The maximum atomic E-state index is 11.9. The van der Waals surface area contributed by atoms with Gasteiger partial charge in [0.05, 0.1) is 6.42 Å². The lowest BCUT2D eigenvalue weighted by atomic mass is 9.66. The molecule has 21 heavy (non-hydrogen) atoms. The maximum absolute atomic E-state index is 11.9. The van der Waals surface area contributed by atoms with E-state index >= 15 is 0 Å². The molecule has 122 valence electrons. The van der Waals surface area contributed by atoms with E-state index in [-0.39, 0.29) is 23.9 Å². The van der Waals surface area contributed by atoms with Crippen LogP contribution in [0, 0.1) is 5.41 Å². The first-order valence-electron chi connectivity index (χ1n) is 7.89. The molecule has 0 aromatic rings. The molecule has 1 aliphatic carbocycles. The van der Waals surface area contributed by atoms with Gasteiger partial charge < -0.3 is 20.6 Å². The largest absolute Gasteiger partial charge is 0.481 e. The second-order valence-electron chi connectivity index (χ2n) is 6.14. The summed E-state index contributed by atoms with van der Waals surface area (Å²) in [6.45, 7) is 9.38. The monoisotopic (exact) mass is 299 g/mol. The molecule has 0 aromatic carbocycles. The number of urea groups is 1. The van der Waals surface area contributed by atoms with E-state index in [0.29, 0.717) is 6.54 Å². The molecular weight excluding hydrogens is 270 g/mol. The number of likely N-dealkylation sites (N-methyl/N-ethyl adjacent to an activating group) is 1. The van der Waals surface area contributed by atoms with Gasteiger partial charge in [-0.1, -0.05) is 20.3 Å². The highest BCUT2D eigenvalue weighted by Gasteiger charge is 2.39. The third-order valence-corrected chi connectivity index (χ3v) is 4.37. The molecule has 0 radical (unpaired) electrons. The highest BCUT2D eigenvalue weighted by atomic mass is 16.4. The van der Waals surface area contributed by atoms with Crippen molar-refractivity contribution in [3.05, 3.63) is 0 Å². The fraction of sp³-hybridized carbons (Fsp3) is 0.867. The summed E-state index contributed by atoms with van der Waals surface area (Å²) in [5, 5.41) is 14.7. The van der Waals surface area contributed by atoms with E-state index in [9.17, 15) is 9.59 Å². The Labute approximate surface area is 127 Å². The molecule has 2 amide bonds. The van der Waals surface area contributed by atoms with Crippen LogP contribution in [0.2, 0.25) is 0 Å². The molecule has 1 fully saturated rings. The smallest absolute Gasteiger partial charge is 0.315 e. The Balaban J connectivity index is 2.31. The van der Waals surface area contributed by atoms with Gasteiger partial charge in [-0.3, -0.25) is 4.79 Å². The van der Waals surface area contributed by atoms with E-state index in [1.54, 1.807) is 0 Å². The van der Waals surface area contributed by atoms with Crippen LogP contribution < -0.4 is 10.6 Å². The van der Waals surface area contributed by atoms with Gasteiger partial charge in [0.1, 0.15) is 0 Å². The molecule has 1 unspecified atom stereocenters. The average molecular weight is 299 g/mol. The summed E-state index contributed by atoms with van der Waals surface area (Å²) >= 11 is 0. The lowest BCUT2D eigenvalue weighted by Gasteiger charge is -2.40. The zero-order valence-electron chi connectivity index (χ0n) is 13.4. The van der Waals surface area contributed by atoms with Crippen LogP contribution in [-0.2, 0) is 4.79 Å². The summed E-state index contributed by atoms with van der Waals surface area (Å²) in [6, 6.07) is -0.131. The van der Waals surface area contributed by atoms with Gasteiger partial charge in [-0.15, -0.1) is 0 Å². The Morgan fingerprint density at radius 3 is 2.33 bits per heavy atom. The Morgan fingerprint density at radius 1 is 1.29 bits per heavy atom. The van der Waals surface area contributed by atoms with Crippen LogP contribution in [0.25, 0.3) is 0 Å². The minimum Gasteiger partial charge on any atom is -0.481 e. The minimum absolute atomic E-state index is 0.0710. The van der Waals surface area contributed by atoms with E-state index in [4.69, 9.17) is 5.11 Å². The van der Waals surface area contributed by atoms with Crippen molar-refractivity contribution in [2.45, 2.75) is 52.5 Å². The van der Waals surface area contributed by atoms with E-state index < -0.39 is 5.97 Å². The lowest BCUT2D eigenvalue weighted by molar-refractivity contribution is -0.141.